The van der Waals surface area contributed by atoms with E-state index in [4.69, 9.17) is 0 Å². The molecule has 2 heterocycles. The van der Waals surface area contributed by atoms with Gasteiger partial charge in [-0.2, -0.15) is 0 Å². The fourth-order valence-corrected chi connectivity index (χ4v) is 3.49. The maximum Gasteiger partial charge on any atom is 0.256 e. The van der Waals surface area contributed by atoms with Crippen LogP contribution in [0, 0.1) is 5.82 Å². The van der Waals surface area contributed by atoms with E-state index in [-0.39, 0.29) is 23.7 Å². The van der Waals surface area contributed by atoms with Crippen molar-refractivity contribution in [2.45, 2.75) is 18.5 Å². The third-order valence-corrected chi connectivity index (χ3v) is 4.75. The van der Waals surface area contributed by atoms with Gasteiger partial charge in [-0.25, -0.2) is 4.39 Å². The van der Waals surface area contributed by atoms with Gasteiger partial charge in [-0.1, -0.05) is 24.3 Å². The van der Waals surface area contributed by atoms with E-state index in [1.54, 1.807) is 41.3 Å². The van der Waals surface area contributed by atoms with Crippen LogP contribution >= 0.6 is 0 Å². The average molecular weight is 326 g/mol. The zero-order valence-electron chi connectivity index (χ0n) is 13.0. The number of nitrogens with one attached hydrogen (secondary N) is 1. The minimum Gasteiger partial charge on any atom is -0.353 e. The van der Waals surface area contributed by atoms with E-state index in [0.29, 0.717) is 35.3 Å². The van der Waals surface area contributed by atoms with Crippen LogP contribution in [-0.2, 0) is 4.79 Å². The molecule has 1 fully saturated rings. The number of anilines is 1. The van der Waals surface area contributed by atoms with E-state index in [0.717, 1.165) is 0 Å². The maximum absolute atomic E-state index is 14.0. The molecule has 0 aliphatic carbocycles. The summed E-state index contributed by atoms with van der Waals surface area (Å²) in [6, 6.07) is 10.8. The number of carbonyl (C=O) groups excluding carboxylic acids is 2. The number of nitrogens with zero attached hydrogens (tertiary/aromatic N) is 1. The lowest BCUT2D eigenvalue weighted by Gasteiger charge is -2.20. The quantitative estimate of drug-likeness (QED) is 0.828. The Bertz CT molecular complexity index is 852. The first kappa shape index (κ1) is 14.8. The van der Waals surface area contributed by atoms with Gasteiger partial charge in [0.1, 0.15) is 11.9 Å². The molecule has 4 rings (SSSR count). The second-order valence-electron chi connectivity index (χ2n) is 6.22. The van der Waals surface area contributed by atoms with Gasteiger partial charge in [0.15, 0.2) is 6.04 Å². The van der Waals surface area contributed by atoms with Gasteiger partial charge < -0.3 is 16.0 Å². The first-order valence-corrected chi connectivity index (χ1v) is 7.90. The van der Waals surface area contributed by atoms with Crippen LogP contribution in [0.5, 0.6) is 0 Å². The highest BCUT2D eigenvalue weighted by Gasteiger charge is 2.45. The van der Waals surface area contributed by atoms with Crippen LogP contribution in [-0.4, -0.2) is 35.3 Å². The largest absolute Gasteiger partial charge is 0.353 e. The topological polar surface area (TPSA) is 77.1 Å². The molecule has 2 amide bonds. The summed E-state index contributed by atoms with van der Waals surface area (Å²) in [5, 5.41) is 2.81. The molecule has 0 aromatic heterocycles. The Morgan fingerprint density at radius 3 is 2.71 bits per heavy atom. The molecule has 0 bridgehead atoms. The lowest BCUT2D eigenvalue weighted by Crippen LogP contribution is -2.68. The summed E-state index contributed by atoms with van der Waals surface area (Å²) in [7, 11) is 0. The molecule has 5 nitrogen and oxygen atoms in total. The summed E-state index contributed by atoms with van der Waals surface area (Å²) >= 11 is 0. The minimum absolute atomic E-state index is 0.116. The number of hydrogen-bond acceptors (Lipinski definition) is 2. The Morgan fingerprint density at radius 2 is 1.92 bits per heavy atom. The zero-order valence-corrected chi connectivity index (χ0v) is 13.0. The molecular weight excluding hydrogens is 309 g/mol. The molecule has 122 valence electrons. The highest BCUT2D eigenvalue weighted by molar-refractivity contribution is 6.11. The second-order valence-corrected chi connectivity index (χ2v) is 6.22. The fraction of sp³-hybridized carbons (Fsp3) is 0.222. The van der Waals surface area contributed by atoms with Crippen LogP contribution in [0.2, 0.25) is 0 Å². The molecule has 0 radical (unpaired) electrons. The van der Waals surface area contributed by atoms with E-state index < -0.39 is 6.04 Å². The predicted molar refractivity (Wildman–Crippen MR) is 86.6 cm³/mol. The van der Waals surface area contributed by atoms with E-state index in [2.05, 4.69) is 11.1 Å². The molecule has 2 aromatic carbocycles. The van der Waals surface area contributed by atoms with Crippen molar-refractivity contribution < 1.29 is 19.7 Å². The van der Waals surface area contributed by atoms with Crippen molar-refractivity contribution in [3.05, 3.63) is 53.8 Å². The summed E-state index contributed by atoms with van der Waals surface area (Å²) in [6.07, 6.45) is 0.701. The van der Waals surface area contributed by atoms with Crippen LogP contribution in [0.25, 0.3) is 11.1 Å². The normalized spacial score (nSPS) is 22.7. The van der Waals surface area contributed by atoms with Gasteiger partial charge >= 0.3 is 0 Å². The number of halogens is 1. The van der Waals surface area contributed by atoms with E-state index in [9.17, 15) is 14.0 Å². The predicted octanol–water partition coefficient (Wildman–Crippen LogP) is 1.27. The Hall–Kier alpha value is -2.73. The second kappa shape index (κ2) is 5.42. The summed E-state index contributed by atoms with van der Waals surface area (Å²) in [5.74, 6) is -0.768. The number of rotatable bonds is 1. The van der Waals surface area contributed by atoms with Gasteiger partial charge in [-0.15, -0.1) is 0 Å². The summed E-state index contributed by atoms with van der Waals surface area (Å²) in [5.41, 5.74) is 5.87. The van der Waals surface area contributed by atoms with Crippen LogP contribution in [0.15, 0.2) is 42.5 Å². The third kappa shape index (κ3) is 2.18. The van der Waals surface area contributed by atoms with Gasteiger partial charge in [-0.05, 0) is 23.8 Å². The van der Waals surface area contributed by atoms with Crippen molar-refractivity contribution in [3.8, 4) is 11.1 Å². The number of fused-ring (bicyclic) bond motifs is 2. The van der Waals surface area contributed by atoms with Gasteiger partial charge in [-0.3, -0.25) is 9.59 Å². The average Bonchev–Trinajstić information content (AvgIpc) is 2.92. The van der Waals surface area contributed by atoms with E-state index in [1.165, 1.54) is 6.07 Å². The molecule has 4 N–H and O–H groups in total. The monoisotopic (exact) mass is 326 g/mol. The SMILES string of the molecule is [NH3+][C@H]1CCN2C(=O)c3cc(-c4ccccc4F)ccc3NC(=O)[C@H]12. The Morgan fingerprint density at radius 1 is 1.12 bits per heavy atom. The first-order chi connectivity index (χ1) is 11.6. The van der Waals surface area contributed by atoms with E-state index >= 15 is 0 Å². The van der Waals surface area contributed by atoms with Gasteiger partial charge in [0, 0.05) is 18.5 Å². The van der Waals surface area contributed by atoms with Crippen molar-refractivity contribution in [2.75, 3.05) is 11.9 Å². The highest BCUT2D eigenvalue weighted by Crippen LogP contribution is 2.32. The highest BCUT2D eigenvalue weighted by atomic mass is 19.1. The minimum atomic E-state index is -0.540. The van der Waals surface area contributed by atoms with Crippen molar-refractivity contribution in [1.29, 1.82) is 0 Å². The smallest absolute Gasteiger partial charge is 0.256 e. The molecule has 0 unspecified atom stereocenters. The van der Waals surface area contributed by atoms with Crippen molar-refractivity contribution in [3.63, 3.8) is 0 Å². The van der Waals surface area contributed by atoms with Gasteiger partial charge in [0.05, 0.1) is 11.3 Å². The Labute approximate surface area is 138 Å². The Kier molecular flexibility index (Phi) is 3.35. The molecule has 6 heteroatoms. The molecular formula is C18H17FN3O2+. The molecule has 2 aromatic rings. The lowest BCUT2D eigenvalue weighted by molar-refractivity contribution is -0.419. The summed E-state index contributed by atoms with van der Waals surface area (Å²) < 4.78 is 14.0. The lowest BCUT2D eigenvalue weighted by atomic mass is 10.0. The van der Waals surface area contributed by atoms with E-state index in [1.807, 2.05) is 0 Å². The number of quaternary nitrogens is 1. The number of benzene rings is 2. The van der Waals surface area contributed by atoms with Gasteiger partial charge in [0.2, 0.25) is 0 Å². The van der Waals surface area contributed by atoms with Crippen molar-refractivity contribution >= 4 is 17.5 Å². The summed E-state index contributed by atoms with van der Waals surface area (Å²) in [4.78, 5) is 26.9. The van der Waals surface area contributed by atoms with Gasteiger partial charge in [0.25, 0.3) is 11.8 Å². The maximum atomic E-state index is 14.0. The fourth-order valence-electron chi connectivity index (χ4n) is 3.49. The molecule has 0 saturated carbocycles. The molecule has 0 spiro atoms. The summed E-state index contributed by atoms with van der Waals surface area (Å²) in [6.45, 7) is 0.508. The Balaban J connectivity index is 1.82. The number of carbonyl (C=O) groups is 2. The van der Waals surface area contributed by atoms with Crippen LogP contribution in [0.4, 0.5) is 10.1 Å². The van der Waals surface area contributed by atoms with Crippen LogP contribution < -0.4 is 11.1 Å². The molecule has 2 aliphatic rings. The van der Waals surface area contributed by atoms with Crippen LogP contribution in [0.1, 0.15) is 16.8 Å². The standard InChI is InChI=1S/C18H16FN3O2/c19-13-4-2-1-3-11(13)10-5-6-15-12(9-10)18(24)22-8-7-14(20)16(22)17(23)21-15/h1-6,9,14,16H,7-8,20H2,(H,21,23)/p+1/t14-,16-/m0/s1. The van der Waals surface area contributed by atoms with Crippen LogP contribution in [0.3, 0.4) is 0 Å². The molecule has 2 aliphatic heterocycles. The number of hydrogen-bond donors (Lipinski definition) is 2. The van der Waals surface area contributed by atoms with Crippen molar-refractivity contribution in [2.24, 2.45) is 0 Å². The first-order valence-electron chi connectivity index (χ1n) is 7.90. The third-order valence-electron chi connectivity index (χ3n) is 4.75. The zero-order chi connectivity index (χ0) is 16.8. The molecule has 2 atom stereocenters. The van der Waals surface area contributed by atoms with Crippen molar-refractivity contribution in [1.82, 2.24) is 4.90 Å². The molecule has 1 saturated heterocycles. The number of amides is 2. The molecule has 24 heavy (non-hydrogen) atoms.